The van der Waals surface area contributed by atoms with Crippen LogP contribution in [0.4, 0.5) is 0 Å². The molecule has 0 spiro atoms. The zero-order valence-electron chi connectivity index (χ0n) is 8.16. The number of carboxylic acid groups (broad SMARTS) is 1. The van der Waals surface area contributed by atoms with E-state index in [9.17, 15) is 4.79 Å². The lowest BCUT2D eigenvalue weighted by Crippen LogP contribution is -2.03. The number of fused-ring (bicyclic) bond motifs is 1. The minimum Gasteiger partial charge on any atom is -0.477 e. The first-order valence-corrected chi connectivity index (χ1v) is 4.12. The molecule has 0 aliphatic heterocycles. The smallest absolute Gasteiger partial charge is 0.352 e. The molecule has 0 atom stereocenters. The third-order valence-electron chi connectivity index (χ3n) is 1.97. The quantitative estimate of drug-likeness (QED) is 0.857. The van der Waals surface area contributed by atoms with E-state index in [-0.39, 0.29) is 30.5 Å². The third kappa shape index (κ3) is 2.44. The van der Waals surface area contributed by atoms with Crippen molar-refractivity contribution < 1.29 is 9.90 Å². The van der Waals surface area contributed by atoms with Crippen LogP contribution in [0.25, 0.3) is 5.65 Å². The monoisotopic (exact) mass is 263 g/mol. The average Bonchev–Trinajstić information content (AvgIpc) is 2.59. The van der Waals surface area contributed by atoms with Gasteiger partial charge in [0.1, 0.15) is 11.3 Å². The number of carboxylic acids is 1. The van der Waals surface area contributed by atoms with Gasteiger partial charge in [-0.2, -0.15) is 0 Å². The second kappa shape index (κ2) is 5.69. The Morgan fingerprint density at radius 1 is 1.44 bits per heavy atom. The van der Waals surface area contributed by atoms with Gasteiger partial charge in [0.25, 0.3) is 0 Å². The number of carbonyl (C=O) groups is 1. The molecular weight excluding hydrogens is 253 g/mol. The molecule has 0 fully saturated rings. The summed E-state index contributed by atoms with van der Waals surface area (Å²) in [4.78, 5) is 15.0. The van der Waals surface area contributed by atoms with Crippen LogP contribution in [0.2, 0.25) is 0 Å². The number of aromatic nitrogens is 2. The number of hydrogen-bond acceptors (Lipinski definition) is 3. The summed E-state index contributed by atoms with van der Waals surface area (Å²) in [5.74, 6) is -0.975. The van der Waals surface area contributed by atoms with E-state index in [1.807, 2.05) is 0 Å². The van der Waals surface area contributed by atoms with Crippen LogP contribution in [0.15, 0.2) is 24.4 Å². The number of nitrogens with zero attached hydrogens (tertiary/aromatic N) is 2. The zero-order chi connectivity index (χ0) is 10.1. The summed E-state index contributed by atoms with van der Waals surface area (Å²) < 4.78 is 1.52. The van der Waals surface area contributed by atoms with Crippen molar-refractivity contribution in [1.82, 2.24) is 9.38 Å². The van der Waals surface area contributed by atoms with E-state index in [0.717, 1.165) is 0 Å². The van der Waals surface area contributed by atoms with Gasteiger partial charge in [0, 0.05) is 12.7 Å². The van der Waals surface area contributed by atoms with Crippen molar-refractivity contribution in [2.45, 2.75) is 6.54 Å². The van der Waals surface area contributed by atoms with E-state index in [1.165, 1.54) is 10.5 Å². The fourth-order valence-electron chi connectivity index (χ4n) is 1.33. The molecule has 2 rings (SSSR count). The van der Waals surface area contributed by atoms with E-state index in [1.54, 1.807) is 18.3 Å². The van der Waals surface area contributed by atoms with Gasteiger partial charge in [0.05, 0.1) is 5.69 Å². The maximum atomic E-state index is 10.8. The number of halogens is 2. The predicted molar refractivity (Wildman–Crippen MR) is 64.5 cm³/mol. The molecule has 0 radical (unpaired) electrons. The van der Waals surface area contributed by atoms with Crippen molar-refractivity contribution in [3.05, 3.63) is 35.8 Å². The maximum Gasteiger partial charge on any atom is 0.352 e. The fourth-order valence-corrected chi connectivity index (χ4v) is 1.33. The largest absolute Gasteiger partial charge is 0.477 e. The van der Waals surface area contributed by atoms with Crippen LogP contribution in [0.1, 0.15) is 16.2 Å². The van der Waals surface area contributed by atoms with E-state index < -0.39 is 5.97 Å². The van der Waals surface area contributed by atoms with Gasteiger partial charge in [-0.3, -0.25) is 4.40 Å². The Balaban J connectivity index is 0.00000112. The van der Waals surface area contributed by atoms with Gasteiger partial charge in [0.15, 0.2) is 0 Å². The van der Waals surface area contributed by atoms with Gasteiger partial charge in [0.2, 0.25) is 0 Å². The molecule has 2 aromatic heterocycles. The fraction of sp³-hybridized carbons (Fsp3) is 0.111. The number of hydrogen-bond donors (Lipinski definition) is 2. The highest BCUT2D eigenvalue weighted by Crippen LogP contribution is 2.08. The molecule has 0 aliphatic rings. The molecule has 0 unspecified atom stereocenters. The van der Waals surface area contributed by atoms with Gasteiger partial charge >= 0.3 is 5.97 Å². The Morgan fingerprint density at radius 2 is 2.12 bits per heavy atom. The minimum atomic E-state index is -0.975. The van der Waals surface area contributed by atoms with Crippen molar-refractivity contribution in [3.8, 4) is 0 Å². The number of aromatic carboxylic acids is 1. The van der Waals surface area contributed by atoms with Gasteiger partial charge in [-0.1, -0.05) is 6.07 Å². The van der Waals surface area contributed by atoms with Crippen molar-refractivity contribution in [1.29, 1.82) is 0 Å². The van der Waals surface area contributed by atoms with Crippen LogP contribution in [-0.2, 0) is 6.54 Å². The van der Waals surface area contributed by atoms with Gasteiger partial charge in [-0.05, 0) is 12.1 Å². The second-order valence-electron chi connectivity index (χ2n) is 2.88. The van der Waals surface area contributed by atoms with E-state index in [4.69, 9.17) is 10.8 Å². The minimum absolute atomic E-state index is 0. The van der Waals surface area contributed by atoms with Crippen molar-refractivity contribution >= 4 is 36.4 Å². The van der Waals surface area contributed by atoms with Crippen LogP contribution >= 0.6 is 24.8 Å². The van der Waals surface area contributed by atoms with Gasteiger partial charge in [-0.15, -0.1) is 24.8 Å². The molecule has 0 saturated carbocycles. The summed E-state index contributed by atoms with van der Waals surface area (Å²) in [5, 5.41) is 8.88. The first-order chi connectivity index (χ1) is 6.72. The van der Waals surface area contributed by atoms with Gasteiger partial charge < -0.3 is 10.8 Å². The summed E-state index contributed by atoms with van der Waals surface area (Å²) in [5.41, 5.74) is 6.89. The van der Waals surface area contributed by atoms with E-state index >= 15 is 0 Å². The molecule has 0 saturated heterocycles. The van der Waals surface area contributed by atoms with Crippen LogP contribution < -0.4 is 5.73 Å². The van der Waals surface area contributed by atoms with Crippen LogP contribution in [-0.4, -0.2) is 20.5 Å². The normalized spacial score (nSPS) is 9.31. The van der Waals surface area contributed by atoms with Crippen LogP contribution in [0.5, 0.6) is 0 Å². The zero-order valence-corrected chi connectivity index (χ0v) is 9.79. The summed E-state index contributed by atoms with van der Waals surface area (Å²) >= 11 is 0. The molecule has 88 valence electrons. The molecule has 2 heterocycles. The van der Waals surface area contributed by atoms with Crippen molar-refractivity contribution in [3.63, 3.8) is 0 Å². The Hall–Kier alpha value is -1.30. The topological polar surface area (TPSA) is 80.6 Å². The Morgan fingerprint density at radius 3 is 2.69 bits per heavy atom. The molecule has 2 aromatic rings. The molecule has 7 heteroatoms. The highest BCUT2D eigenvalue weighted by atomic mass is 35.5. The first kappa shape index (κ1) is 14.7. The first-order valence-electron chi connectivity index (χ1n) is 4.12. The number of pyridine rings is 1. The summed E-state index contributed by atoms with van der Waals surface area (Å²) in [6.07, 6.45) is 1.64. The SMILES string of the molecule is Cl.Cl.NCc1cn2c(C(=O)O)cccc2n1. The lowest BCUT2D eigenvalue weighted by Gasteiger charge is -1.97. The lowest BCUT2D eigenvalue weighted by molar-refractivity contribution is 0.0689. The molecule has 0 aromatic carbocycles. The Bertz CT molecular complexity index is 498. The van der Waals surface area contributed by atoms with E-state index in [2.05, 4.69) is 4.98 Å². The molecule has 5 nitrogen and oxygen atoms in total. The summed E-state index contributed by atoms with van der Waals surface area (Å²) in [6.45, 7) is 0.306. The Kier molecular flexibility index (Phi) is 5.23. The highest BCUT2D eigenvalue weighted by Gasteiger charge is 2.09. The lowest BCUT2D eigenvalue weighted by atomic mass is 10.3. The Labute approximate surface area is 104 Å². The number of nitrogens with two attached hydrogens (primary N) is 1. The standard InChI is InChI=1S/C9H9N3O2.2ClH/c10-4-6-5-12-7(9(13)14)2-1-3-8(12)11-6;;/h1-3,5H,4,10H2,(H,13,14);2*1H. The van der Waals surface area contributed by atoms with E-state index in [0.29, 0.717) is 17.9 Å². The molecule has 16 heavy (non-hydrogen) atoms. The third-order valence-corrected chi connectivity index (χ3v) is 1.97. The van der Waals surface area contributed by atoms with Crippen molar-refractivity contribution in [2.75, 3.05) is 0 Å². The van der Waals surface area contributed by atoms with Gasteiger partial charge in [-0.25, -0.2) is 9.78 Å². The van der Waals surface area contributed by atoms with Crippen molar-refractivity contribution in [2.24, 2.45) is 5.73 Å². The second-order valence-corrected chi connectivity index (χ2v) is 2.88. The number of imidazole rings is 1. The predicted octanol–water partition coefficient (Wildman–Crippen LogP) is 1.33. The molecule has 0 aliphatic carbocycles. The number of rotatable bonds is 2. The maximum absolute atomic E-state index is 10.8. The molecular formula is C9H11Cl2N3O2. The molecule has 3 N–H and O–H groups in total. The van der Waals surface area contributed by atoms with Crippen LogP contribution in [0, 0.1) is 0 Å². The summed E-state index contributed by atoms with van der Waals surface area (Å²) in [6, 6.07) is 4.93. The summed E-state index contributed by atoms with van der Waals surface area (Å²) in [7, 11) is 0. The average molecular weight is 264 g/mol. The molecule has 0 amide bonds. The highest BCUT2D eigenvalue weighted by molar-refractivity contribution is 5.86. The molecule has 0 bridgehead atoms. The van der Waals surface area contributed by atoms with Crippen LogP contribution in [0.3, 0.4) is 0 Å².